The minimum Gasteiger partial charge on any atom is -0.486 e. The lowest BCUT2D eigenvalue weighted by Crippen LogP contribution is -2.25. The quantitative estimate of drug-likeness (QED) is 0.234. The van der Waals surface area contributed by atoms with Crippen molar-refractivity contribution in [3.05, 3.63) is 103 Å². The number of halogens is 3. The zero-order chi connectivity index (χ0) is 25.1. The number of rotatable bonds is 6. The molecule has 1 aromatic heterocycles. The van der Waals surface area contributed by atoms with Crippen molar-refractivity contribution < 1.29 is 4.74 Å². The van der Waals surface area contributed by atoms with E-state index in [9.17, 15) is 4.79 Å². The van der Waals surface area contributed by atoms with Crippen molar-refractivity contribution in [3.63, 3.8) is 0 Å². The van der Waals surface area contributed by atoms with E-state index in [1.54, 1.807) is 36.5 Å². The number of aromatic nitrogens is 2. The summed E-state index contributed by atoms with van der Waals surface area (Å²) in [6.45, 7) is 0.299. The van der Waals surface area contributed by atoms with Crippen LogP contribution in [0.2, 0.25) is 15.1 Å². The third kappa shape index (κ3) is 5.44. The van der Waals surface area contributed by atoms with Crippen LogP contribution in [0.15, 0.2) is 70.6 Å². The monoisotopic (exact) mass is 539 g/mol. The molecule has 0 unspecified atom stereocenters. The first-order chi connectivity index (χ1) is 17.5. The molecule has 1 fully saturated rings. The third-order valence-electron chi connectivity index (χ3n) is 6.39. The molecule has 8 heteroatoms. The molecule has 0 aliphatic heterocycles. The minimum atomic E-state index is -0.183. The summed E-state index contributed by atoms with van der Waals surface area (Å²) in [7, 11) is 0. The van der Waals surface area contributed by atoms with Gasteiger partial charge in [0.25, 0.3) is 5.56 Å². The summed E-state index contributed by atoms with van der Waals surface area (Å²) >= 11 is 18.9. The van der Waals surface area contributed by atoms with Crippen LogP contribution in [0.1, 0.15) is 55.0 Å². The van der Waals surface area contributed by atoms with Crippen molar-refractivity contribution >= 4 is 51.9 Å². The second-order valence-electron chi connectivity index (χ2n) is 8.91. The van der Waals surface area contributed by atoms with E-state index < -0.39 is 0 Å². The molecule has 0 N–H and O–H groups in total. The number of hydrogen-bond donors (Lipinski definition) is 0. The Bertz CT molecular complexity index is 1450. The molecule has 36 heavy (non-hydrogen) atoms. The molecular weight excluding hydrogens is 517 g/mol. The van der Waals surface area contributed by atoms with Crippen LogP contribution >= 0.6 is 34.8 Å². The van der Waals surface area contributed by atoms with Crippen molar-refractivity contribution in [1.29, 1.82) is 0 Å². The lowest BCUT2D eigenvalue weighted by atomic mass is 9.88. The number of benzene rings is 3. The van der Waals surface area contributed by atoms with Crippen LogP contribution < -0.4 is 10.3 Å². The van der Waals surface area contributed by atoms with Gasteiger partial charge in [0.15, 0.2) is 5.75 Å². The van der Waals surface area contributed by atoms with E-state index in [2.05, 4.69) is 5.10 Å². The Balaban J connectivity index is 1.45. The second-order valence-corrected chi connectivity index (χ2v) is 10.2. The van der Waals surface area contributed by atoms with E-state index in [0.29, 0.717) is 49.7 Å². The van der Waals surface area contributed by atoms with Gasteiger partial charge in [-0.15, -0.1) is 0 Å². The number of fused-ring (bicyclic) bond motifs is 1. The first-order valence-electron chi connectivity index (χ1n) is 11.9. The van der Waals surface area contributed by atoms with Gasteiger partial charge in [-0.2, -0.15) is 9.78 Å². The lowest BCUT2D eigenvalue weighted by molar-refractivity contribution is 0.306. The Morgan fingerprint density at radius 2 is 1.67 bits per heavy atom. The summed E-state index contributed by atoms with van der Waals surface area (Å²) in [5.41, 5.74) is 2.11. The SMILES string of the molecule is O=c1c2ccccc2nc(C2CCCCC2)n1N=Cc1cc(Cl)c(OCc2ccc(Cl)cc2)c(Cl)c1. The maximum Gasteiger partial charge on any atom is 0.282 e. The Morgan fingerprint density at radius 1 is 0.972 bits per heavy atom. The predicted octanol–water partition coefficient (Wildman–Crippen LogP) is 7.87. The highest BCUT2D eigenvalue weighted by Gasteiger charge is 2.22. The van der Waals surface area contributed by atoms with Gasteiger partial charge in [0, 0.05) is 10.9 Å². The van der Waals surface area contributed by atoms with Gasteiger partial charge in [0.1, 0.15) is 12.4 Å². The highest BCUT2D eigenvalue weighted by molar-refractivity contribution is 6.37. The molecule has 1 aliphatic carbocycles. The fraction of sp³-hybridized carbons (Fsp3) is 0.250. The van der Waals surface area contributed by atoms with E-state index in [-0.39, 0.29) is 11.5 Å². The highest BCUT2D eigenvalue weighted by atomic mass is 35.5. The standard InChI is InChI=1S/C28H24Cl3N3O2/c29-21-12-10-18(11-13-21)17-36-26-23(30)14-19(15-24(26)31)16-32-34-27(20-6-2-1-3-7-20)33-25-9-5-4-8-22(25)28(34)35/h4-5,8-16,20H,1-3,6-7,17H2. The number of hydrogen-bond acceptors (Lipinski definition) is 4. The first-order valence-corrected chi connectivity index (χ1v) is 13.1. The van der Waals surface area contributed by atoms with E-state index >= 15 is 0 Å². The molecule has 1 saturated carbocycles. The molecule has 1 aliphatic rings. The zero-order valence-electron chi connectivity index (χ0n) is 19.5. The van der Waals surface area contributed by atoms with Gasteiger partial charge in [-0.3, -0.25) is 4.79 Å². The van der Waals surface area contributed by atoms with Gasteiger partial charge in [-0.1, -0.05) is 78.3 Å². The fourth-order valence-corrected chi connectivity index (χ4v) is 5.27. The van der Waals surface area contributed by atoms with Crippen LogP contribution in [0.5, 0.6) is 5.75 Å². The predicted molar refractivity (Wildman–Crippen MR) is 147 cm³/mol. The Labute approximate surface area is 224 Å². The first kappa shape index (κ1) is 24.8. The number of nitrogens with zero attached hydrogens (tertiary/aromatic N) is 3. The molecule has 0 radical (unpaired) electrons. The van der Waals surface area contributed by atoms with Gasteiger partial charge >= 0.3 is 0 Å². The van der Waals surface area contributed by atoms with Crippen LogP contribution in [0.3, 0.4) is 0 Å². The molecule has 4 aromatic rings. The van der Waals surface area contributed by atoms with Gasteiger partial charge in [-0.05, 0) is 60.4 Å². The third-order valence-corrected chi connectivity index (χ3v) is 7.20. The molecule has 184 valence electrons. The average molecular weight is 541 g/mol. The van der Waals surface area contributed by atoms with Crippen molar-refractivity contribution in [3.8, 4) is 5.75 Å². The normalized spacial score (nSPS) is 14.5. The van der Waals surface area contributed by atoms with Gasteiger partial charge in [0.05, 0.1) is 27.2 Å². The fourth-order valence-electron chi connectivity index (χ4n) is 4.53. The molecule has 3 aromatic carbocycles. The molecule has 5 rings (SSSR count). The number of para-hydroxylation sites is 1. The topological polar surface area (TPSA) is 56.5 Å². The molecular formula is C28H24Cl3N3O2. The largest absolute Gasteiger partial charge is 0.486 e. The minimum absolute atomic E-state index is 0.183. The molecule has 0 atom stereocenters. The van der Waals surface area contributed by atoms with Crippen molar-refractivity contribution in [2.24, 2.45) is 5.10 Å². The van der Waals surface area contributed by atoms with E-state index in [1.807, 2.05) is 30.3 Å². The van der Waals surface area contributed by atoms with Crippen LogP contribution in [-0.2, 0) is 6.61 Å². The van der Waals surface area contributed by atoms with Gasteiger partial charge < -0.3 is 4.74 Å². The van der Waals surface area contributed by atoms with Crippen molar-refractivity contribution in [1.82, 2.24) is 9.66 Å². The van der Waals surface area contributed by atoms with Crippen molar-refractivity contribution in [2.75, 3.05) is 0 Å². The van der Waals surface area contributed by atoms with Gasteiger partial charge in [-0.25, -0.2) is 4.98 Å². The molecule has 1 heterocycles. The summed E-state index contributed by atoms with van der Waals surface area (Å²) in [5, 5.41) is 6.47. The van der Waals surface area contributed by atoms with E-state index in [4.69, 9.17) is 44.5 Å². The molecule has 0 amide bonds. The van der Waals surface area contributed by atoms with Crippen LogP contribution in [0.25, 0.3) is 10.9 Å². The van der Waals surface area contributed by atoms with Gasteiger partial charge in [0.2, 0.25) is 0 Å². The Kier molecular flexibility index (Phi) is 7.61. The molecule has 0 saturated heterocycles. The molecule has 0 bridgehead atoms. The highest BCUT2D eigenvalue weighted by Crippen LogP contribution is 2.35. The lowest BCUT2D eigenvalue weighted by Gasteiger charge is -2.22. The number of ether oxygens (including phenoxy) is 1. The molecule has 0 spiro atoms. The summed E-state index contributed by atoms with van der Waals surface area (Å²) in [6, 6.07) is 18.2. The summed E-state index contributed by atoms with van der Waals surface area (Å²) < 4.78 is 7.30. The van der Waals surface area contributed by atoms with Crippen LogP contribution in [-0.4, -0.2) is 15.9 Å². The Hall–Kier alpha value is -2.86. The van der Waals surface area contributed by atoms with Crippen molar-refractivity contribution in [2.45, 2.75) is 44.6 Å². The second kappa shape index (κ2) is 11.0. The summed E-state index contributed by atoms with van der Waals surface area (Å²) in [5.74, 6) is 1.29. The van der Waals surface area contributed by atoms with Crippen LogP contribution in [0, 0.1) is 0 Å². The average Bonchev–Trinajstić information content (AvgIpc) is 2.89. The zero-order valence-corrected chi connectivity index (χ0v) is 21.7. The maximum atomic E-state index is 13.4. The smallest absolute Gasteiger partial charge is 0.282 e. The van der Waals surface area contributed by atoms with Crippen LogP contribution in [0.4, 0.5) is 0 Å². The summed E-state index contributed by atoms with van der Waals surface area (Å²) in [4.78, 5) is 18.2. The maximum absolute atomic E-state index is 13.4. The Morgan fingerprint density at radius 3 is 2.39 bits per heavy atom. The molecule has 5 nitrogen and oxygen atoms in total. The van der Waals surface area contributed by atoms with E-state index in [1.165, 1.54) is 11.1 Å². The van der Waals surface area contributed by atoms with E-state index in [0.717, 1.165) is 31.2 Å². The summed E-state index contributed by atoms with van der Waals surface area (Å²) in [6.07, 6.45) is 7.04.